The Hall–Kier alpha value is -2.32. The lowest BCUT2D eigenvalue weighted by atomic mass is 9.91. The smallest absolute Gasteiger partial charge is 0.410 e. The number of nitrogens with two attached hydrogens (primary N) is 2. The van der Waals surface area contributed by atoms with Crippen LogP contribution in [-0.2, 0) is 14.3 Å². The Morgan fingerprint density at radius 1 is 1.19 bits per heavy atom. The number of unbranched alkanes of at least 4 members (excludes halogenated alkanes) is 2. The van der Waals surface area contributed by atoms with Crippen molar-refractivity contribution in [2.75, 3.05) is 32.7 Å². The predicted octanol–water partition coefficient (Wildman–Crippen LogP) is 0.223. The van der Waals surface area contributed by atoms with Crippen LogP contribution in [0.2, 0.25) is 0 Å². The SMILES string of the molecule is CC(=O)CN1CC2(CCN(C(=O)CCCCCN=C(N)N)CC2)OC1=O. The van der Waals surface area contributed by atoms with Crippen molar-refractivity contribution in [1.82, 2.24) is 9.80 Å². The van der Waals surface area contributed by atoms with E-state index in [0.717, 1.165) is 19.3 Å². The second-order valence-corrected chi connectivity index (χ2v) is 7.11. The summed E-state index contributed by atoms with van der Waals surface area (Å²) < 4.78 is 5.54. The Balaban J connectivity index is 1.69. The number of carbonyl (C=O) groups excluding carboxylic acids is 3. The molecule has 0 aromatic carbocycles. The molecule has 9 heteroatoms. The number of carbonyl (C=O) groups is 3. The van der Waals surface area contributed by atoms with Crippen LogP contribution in [0.3, 0.4) is 0 Å². The first kappa shape index (κ1) is 20.0. The molecule has 146 valence electrons. The molecule has 9 nitrogen and oxygen atoms in total. The monoisotopic (exact) mass is 367 g/mol. The minimum atomic E-state index is -0.552. The summed E-state index contributed by atoms with van der Waals surface area (Å²) in [6.45, 7) is 3.71. The topological polar surface area (TPSA) is 131 Å². The maximum absolute atomic E-state index is 12.3. The summed E-state index contributed by atoms with van der Waals surface area (Å²) in [5.74, 6) is 0.163. The van der Waals surface area contributed by atoms with Crippen molar-refractivity contribution in [2.24, 2.45) is 16.5 Å². The summed E-state index contributed by atoms with van der Waals surface area (Å²) in [7, 11) is 0. The van der Waals surface area contributed by atoms with Crippen molar-refractivity contribution in [1.29, 1.82) is 0 Å². The standard InChI is InChI=1S/C17H29N5O4/c1-13(23)11-22-12-17(26-16(22)25)6-9-21(10-7-17)14(24)5-3-2-4-8-20-15(18)19/h2-12H2,1H3,(H4,18,19,20). The first-order chi connectivity index (χ1) is 12.3. The highest BCUT2D eigenvalue weighted by molar-refractivity contribution is 5.83. The maximum atomic E-state index is 12.3. The fourth-order valence-electron chi connectivity index (χ4n) is 3.44. The number of amides is 2. The second kappa shape index (κ2) is 8.86. The van der Waals surface area contributed by atoms with E-state index in [0.29, 0.717) is 45.4 Å². The highest BCUT2D eigenvalue weighted by Crippen LogP contribution is 2.33. The molecule has 2 amide bonds. The van der Waals surface area contributed by atoms with Crippen LogP contribution in [-0.4, -0.2) is 71.9 Å². The van der Waals surface area contributed by atoms with Crippen molar-refractivity contribution < 1.29 is 19.1 Å². The van der Waals surface area contributed by atoms with Gasteiger partial charge in [0.25, 0.3) is 0 Å². The zero-order valence-electron chi connectivity index (χ0n) is 15.4. The van der Waals surface area contributed by atoms with Gasteiger partial charge in [-0.2, -0.15) is 0 Å². The van der Waals surface area contributed by atoms with E-state index in [2.05, 4.69) is 4.99 Å². The van der Waals surface area contributed by atoms with Gasteiger partial charge in [0.1, 0.15) is 11.4 Å². The van der Waals surface area contributed by atoms with E-state index in [9.17, 15) is 14.4 Å². The van der Waals surface area contributed by atoms with Crippen molar-refractivity contribution in [3.8, 4) is 0 Å². The molecule has 2 rings (SSSR count). The molecule has 0 aliphatic carbocycles. The van der Waals surface area contributed by atoms with Crippen LogP contribution >= 0.6 is 0 Å². The third-order valence-electron chi connectivity index (χ3n) is 4.83. The number of Topliss-reactive ketones (excluding diaryl/α,β-unsaturated/α-hetero) is 1. The Morgan fingerprint density at radius 2 is 1.88 bits per heavy atom. The molecule has 0 aromatic heterocycles. The van der Waals surface area contributed by atoms with Gasteiger partial charge in [-0.1, -0.05) is 6.42 Å². The lowest BCUT2D eigenvalue weighted by Crippen LogP contribution is -2.48. The van der Waals surface area contributed by atoms with Crippen LogP contribution in [0, 0.1) is 0 Å². The summed E-state index contributed by atoms with van der Waals surface area (Å²) in [6.07, 6.45) is 3.87. The van der Waals surface area contributed by atoms with Crippen LogP contribution in [0.5, 0.6) is 0 Å². The summed E-state index contributed by atoms with van der Waals surface area (Å²) in [6, 6.07) is 0. The van der Waals surface area contributed by atoms with Gasteiger partial charge in [0.05, 0.1) is 13.1 Å². The average molecular weight is 367 g/mol. The van der Waals surface area contributed by atoms with E-state index in [4.69, 9.17) is 16.2 Å². The van der Waals surface area contributed by atoms with Gasteiger partial charge in [0.15, 0.2) is 5.96 Å². The summed E-state index contributed by atoms with van der Waals surface area (Å²) in [4.78, 5) is 42.7. The normalized spacial score (nSPS) is 18.7. The third kappa shape index (κ3) is 5.60. The molecular weight excluding hydrogens is 338 g/mol. The van der Waals surface area contributed by atoms with Crippen molar-refractivity contribution in [2.45, 2.75) is 51.0 Å². The Labute approximate surface area is 153 Å². The number of likely N-dealkylation sites (tertiary alicyclic amines) is 1. The fourth-order valence-corrected chi connectivity index (χ4v) is 3.44. The van der Waals surface area contributed by atoms with Gasteiger partial charge in [-0.05, 0) is 19.8 Å². The second-order valence-electron chi connectivity index (χ2n) is 7.11. The van der Waals surface area contributed by atoms with Crippen LogP contribution in [0.4, 0.5) is 4.79 Å². The van der Waals surface area contributed by atoms with Gasteiger partial charge in [0, 0.05) is 38.9 Å². The van der Waals surface area contributed by atoms with E-state index in [1.165, 1.54) is 11.8 Å². The van der Waals surface area contributed by atoms with Crippen LogP contribution in [0.25, 0.3) is 0 Å². The molecule has 26 heavy (non-hydrogen) atoms. The molecule has 2 aliphatic rings. The summed E-state index contributed by atoms with van der Waals surface area (Å²) in [5, 5.41) is 0. The minimum Gasteiger partial charge on any atom is -0.441 e. The number of ether oxygens (including phenoxy) is 1. The van der Waals surface area contributed by atoms with Gasteiger partial charge in [-0.25, -0.2) is 4.79 Å². The van der Waals surface area contributed by atoms with Crippen molar-refractivity contribution in [3.05, 3.63) is 0 Å². The number of nitrogens with zero attached hydrogens (tertiary/aromatic N) is 3. The van der Waals surface area contributed by atoms with E-state index in [-0.39, 0.29) is 24.2 Å². The van der Waals surface area contributed by atoms with Crippen LogP contribution < -0.4 is 11.5 Å². The highest BCUT2D eigenvalue weighted by Gasteiger charge is 2.47. The molecule has 1 spiro atoms. The zero-order chi connectivity index (χ0) is 19.2. The molecule has 4 N–H and O–H groups in total. The van der Waals surface area contributed by atoms with Crippen LogP contribution in [0.15, 0.2) is 4.99 Å². The van der Waals surface area contributed by atoms with Gasteiger partial charge in [0.2, 0.25) is 5.91 Å². The largest absolute Gasteiger partial charge is 0.441 e. The van der Waals surface area contributed by atoms with Gasteiger partial charge < -0.3 is 21.1 Å². The molecule has 0 atom stereocenters. The molecule has 2 fully saturated rings. The molecule has 2 aliphatic heterocycles. The van der Waals surface area contributed by atoms with E-state index in [1.807, 2.05) is 4.90 Å². The van der Waals surface area contributed by atoms with E-state index < -0.39 is 11.7 Å². The lowest BCUT2D eigenvalue weighted by molar-refractivity contribution is -0.134. The molecule has 0 saturated carbocycles. The third-order valence-corrected chi connectivity index (χ3v) is 4.83. The van der Waals surface area contributed by atoms with Crippen LogP contribution in [0.1, 0.15) is 45.4 Å². The van der Waals surface area contributed by atoms with Gasteiger partial charge in [-0.3, -0.25) is 19.5 Å². The van der Waals surface area contributed by atoms with Crippen molar-refractivity contribution >= 4 is 23.7 Å². The average Bonchev–Trinajstić information content (AvgIpc) is 2.85. The first-order valence-corrected chi connectivity index (χ1v) is 9.12. The lowest BCUT2D eigenvalue weighted by Gasteiger charge is -2.37. The Kier molecular flexibility index (Phi) is 6.82. The molecule has 2 saturated heterocycles. The molecule has 0 radical (unpaired) electrons. The quantitative estimate of drug-likeness (QED) is 0.358. The minimum absolute atomic E-state index is 0.0635. The Morgan fingerprint density at radius 3 is 2.50 bits per heavy atom. The molecule has 0 unspecified atom stereocenters. The number of guanidine groups is 1. The number of hydrogen-bond donors (Lipinski definition) is 2. The Bertz CT molecular complexity index is 566. The molecule has 0 bridgehead atoms. The van der Waals surface area contributed by atoms with Gasteiger partial charge >= 0.3 is 6.09 Å². The molecule has 0 aromatic rings. The number of ketones is 1. The summed E-state index contributed by atoms with van der Waals surface area (Å²) >= 11 is 0. The number of aliphatic imine (C=N–C) groups is 1. The van der Waals surface area contributed by atoms with Gasteiger partial charge in [-0.15, -0.1) is 0 Å². The zero-order valence-corrected chi connectivity index (χ0v) is 15.4. The molecule has 2 heterocycles. The number of rotatable bonds is 8. The first-order valence-electron chi connectivity index (χ1n) is 9.12. The molecular formula is C17H29N5O4. The van der Waals surface area contributed by atoms with Crippen molar-refractivity contribution in [3.63, 3.8) is 0 Å². The van der Waals surface area contributed by atoms with E-state index in [1.54, 1.807) is 0 Å². The summed E-state index contributed by atoms with van der Waals surface area (Å²) in [5.41, 5.74) is 9.97. The number of piperidine rings is 1. The maximum Gasteiger partial charge on any atom is 0.410 e. The fraction of sp³-hybridized carbons (Fsp3) is 0.765. The van der Waals surface area contributed by atoms with E-state index >= 15 is 0 Å². The predicted molar refractivity (Wildman–Crippen MR) is 96.4 cm³/mol. The number of hydrogen-bond acceptors (Lipinski definition) is 5. The highest BCUT2D eigenvalue weighted by atomic mass is 16.6.